The van der Waals surface area contributed by atoms with Gasteiger partial charge in [-0.1, -0.05) is 12.8 Å². The Balaban J connectivity index is 0.00000729. The van der Waals surface area contributed by atoms with Crippen molar-refractivity contribution in [1.82, 2.24) is 20.9 Å². The number of nitrogens with one attached hydrogen (secondary N) is 3. The van der Waals surface area contributed by atoms with Crippen molar-refractivity contribution in [3.63, 3.8) is 0 Å². The van der Waals surface area contributed by atoms with E-state index < -0.39 is 5.60 Å². The van der Waals surface area contributed by atoms with Crippen LogP contribution in [-0.2, 0) is 4.74 Å². The summed E-state index contributed by atoms with van der Waals surface area (Å²) in [6, 6.07) is 0. The van der Waals surface area contributed by atoms with Crippen LogP contribution in [0.5, 0.6) is 0 Å². The highest BCUT2D eigenvalue weighted by Gasteiger charge is 2.15. The lowest BCUT2D eigenvalue weighted by Gasteiger charge is -2.26. The number of carbonyl (C=O) groups is 1. The van der Waals surface area contributed by atoms with Gasteiger partial charge in [0.25, 0.3) is 0 Å². The average Bonchev–Trinajstić information content (AvgIpc) is 2.61. The van der Waals surface area contributed by atoms with E-state index in [0.29, 0.717) is 13.1 Å². The first-order chi connectivity index (χ1) is 12.9. The van der Waals surface area contributed by atoms with Gasteiger partial charge in [-0.2, -0.15) is 0 Å². The van der Waals surface area contributed by atoms with Crippen LogP contribution in [0.25, 0.3) is 0 Å². The number of unbranched alkanes of at least 4 members (excludes halogenated alkanes) is 2. The summed E-state index contributed by atoms with van der Waals surface area (Å²) in [7, 11) is 0. The fourth-order valence-corrected chi connectivity index (χ4v) is 3.00. The molecule has 0 spiro atoms. The van der Waals surface area contributed by atoms with Crippen LogP contribution in [0.1, 0.15) is 66.2 Å². The van der Waals surface area contributed by atoms with Crippen LogP contribution in [0.4, 0.5) is 4.79 Å². The molecular formula is C20H42IN5O2. The third-order valence-corrected chi connectivity index (χ3v) is 4.28. The van der Waals surface area contributed by atoms with Crippen LogP contribution in [0.2, 0.25) is 0 Å². The number of likely N-dealkylation sites (tertiary alicyclic amines) is 1. The SMILES string of the molecule is CCNC(=NCCCCCN1CCCCC1)NCCNC(=O)OC(C)(C)C.I. The summed E-state index contributed by atoms with van der Waals surface area (Å²) in [6.45, 7) is 14.2. The Morgan fingerprint density at radius 3 is 2.32 bits per heavy atom. The van der Waals surface area contributed by atoms with Gasteiger partial charge in [-0.05, 0) is 73.0 Å². The van der Waals surface area contributed by atoms with E-state index in [1.54, 1.807) is 0 Å². The zero-order chi connectivity index (χ0) is 20.0. The molecule has 0 aromatic carbocycles. The minimum Gasteiger partial charge on any atom is -0.444 e. The number of carbonyl (C=O) groups excluding carboxylic acids is 1. The molecule has 28 heavy (non-hydrogen) atoms. The summed E-state index contributed by atoms with van der Waals surface area (Å²) < 4.78 is 5.21. The Morgan fingerprint density at radius 1 is 1.00 bits per heavy atom. The van der Waals surface area contributed by atoms with Gasteiger partial charge in [0, 0.05) is 26.2 Å². The van der Waals surface area contributed by atoms with Crippen LogP contribution >= 0.6 is 24.0 Å². The molecule has 1 heterocycles. The smallest absolute Gasteiger partial charge is 0.407 e. The molecule has 1 amide bonds. The fourth-order valence-electron chi connectivity index (χ4n) is 3.00. The van der Waals surface area contributed by atoms with Gasteiger partial charge in [-0.15, -0.1) is 24.0 Å². The monoisotopic (exact) mass is 511 g/mol. The summed E-state index contributed by atoms with van der Waals surface area (Å²) in [4.78, 5) is 18.8. The Bertz CT molecular complexity index is 435. The third kappa shape index (κ3) is 15.2. The van der Waals surface area contributed by atoms with Crippen LogP contribution in [-0.4, -0.2) is 68.4 Å². The summed E-state index contributed by atoms with van der Waals surface area (Å²) in [5.74, 6) is 0.805. The Kier molecular flexibility index (Phi) is 15.6. The number of piperidine rings is 1. The summed E-state index contributed by atoms with van der Waals surface area (Å²) >= 11 is 0. The molecule has 0 saturated carbocycles. The molecular weight excluding hydrogens is 469 g/mol. The van der Waals surface area contributed by atoms with E-state index in [9.17, 15) is 4.79 Å². The maximum Gasteiger partial charge on any atom is 0.407 e. The van der Waals surface area contributed by atoms with Crippen molar-refractivity contribution in [3.05, 3.63) is 0 Å². The van der Waals surface area contributed by atoms with E-state index >= 15 is 0 Å². The second-order valence-corrected chi connectivity index (χ2v) is 8.08. The van der Waals surface area contributed by atoms with Crippen molar-refractivity contribution >= 4 is 36.0 Å². The topological polar surface area (TPSA) is 78.0 Å². The van der Waals surface area contributed by atoms with E-state index in [1.165, 1.54) is 51.7 Å². The predicted octanol–water partition coefficient (Wildman–Crippen LogP) is 3.34. The van der Waals surface area contributed by atoms with Crippen LogP contribution < -0.4 is 16.0 Å². The minimum absolute atomic E-state index is 0. The summed E-state index contributed by atoms with van der Waals surface area (Å²) in [5.41, 5.74) is -0.470. The van der Waals surface area contributed by atoms with Gasteiger partial charge in [-0.25, -0.2) is 4.79 Å². The number of guanidine groups is 1. The van der Waals surface area contributed by atoms with Crippen molar-refractivity contribution in [1.29, 1.82) is 0 Å². The van der Waals surface area contributed by atoms with E-state index in [2.05, 4.69) is 32.8 Å². The van der Waals surface area contributed by atoms with Crippen molar-refractivity contribution in [2.45, 2.75) is 71.8 Å². The molecule has 1 fully saturated rings. The number of ether oxygens (including phenoxy) is 1. The molecule has 3 N–H and O–H groups in total. The molecule has 8 heteroatoms. The number of aliphatic imine (C=N–C) groups is 1. The molecule has 166 valence electrons. The lowest BCUT2D eigenvalue weighted by molar-refractivity contribution is 0.0529. The lowest BCUT2D eigenvalue weighted by atomic mass is 10.1. The van der Waals surface area contributed by atoms with Gasteiger partial charge in [0.15, 0.2) is 5.96 Å². The van der Waals surface area contributed by atoms with E-state index in [4.69, 9.17) is 4.74 Å². The summed E-state index contributed by atoms with van der Waals surface area (Å²) in [5, 5.41) is 9.22. The Hall–Kier alpha value is -0.770. The lowest BCUT2D eigenvalue weighted by Crippen LogP contribution is -2.42. The zero-order valence-corrected chi connectivity index (χ0v) is 20.6. The molecule has 0 aromatic rings. The minimum atomic E-state index is -0.470. The molecule has 0 bridgehead atoms. The molecule has 1 rings (SSSR count). The molecule has 1 saturated heterocycles. The maximum absolute atomic E-state index is 11.6. The van der Waals surface area contributed by atoms with Gasteiger partial charge in [0.1, 0.15) is 5.60 Å². The van der Waals surface area contributed by atoms with E-state index in [1.807, 2.05) is 20.8 Å². The first kappa shape index (κ1) is 27.2. The highest BCUT2D eigenvalue weighted by molar-refractivity contribution is 14.0. The number of amides is 1. The number of halogens is 1. The number of alkyl carbamates (subject to hydrolysis) is 1. The maximum atomic E-state index is 11.6. The normalized spacial score (nSPS) is 15.5. The van der Waals surface area contributed by atoms with Crippen molar-refractivity contribution in [3.8, 4) is 0 Å². The number of hydrogen-bond donors (Lipinski definition) is 3. The second kappa shape index (κ2) is 16.1. The number of nitrogens with zero attached hydrogens (tertiary/aromatic N) is 2. The molecule has 0 aliphatic carbocycles. The standard InChI is InChI=1S/C20H41N5O2.HI/c1-5-21-18(23-13-14-24-19(26)27-20(2,3)4)22-12-8-6-9-15-25-16-10-7-11-17-25;/h5-17H2,1-4H3,(H,24,26)(H2,21,22,23);1H. The average molecular weight is 511 g/mol. The van der Waals surface area contributed by atoms with Crippen LogP contribution in [0.3, 0.4) is 0 Å². The highest BCUT2D eigenvalue weighted by Crippen LogP contribution is 2.10. The van der Waals surface area contributed by atoms with Gasteiger partial charge < -0.3 is 25.6 Å². The Labute approximate surface area is 188 Å². The molecule has 0 unspecified atom stereocenters. The van der Waals surface area contributed by atoms with Crippen molar-refractivity contribution in [2.75, 3.05) is 45.8 Å². The fraction of sp³-hybridized carbons (Fsp3) is 0.900. The van der Waals surface area contributed by atoms with Gasteiger partial charge in [-0.3, -0.25) is 4.99 Å². The van der Waals surface area contributed by atoms with E-state index in [-0.39, 0.29) is 30.1 Å². The van der Waals surface area contributed by atoms with E-state index in [0.717, 1.165) is 25.5 Å². The second-order valence-electron chi connectivity index (χ2n) is 8.08. The number of rotatable bonds is 10. The van der Waals surface area contributed by atoms with Gasteiger partial charge in [0.2, 0.25) is 0 Å². The third-order valence-electron chi connectivity index (χ3n) is 4.28. The first-order valence-corrected chi connectivity index (χ1v) is 10.6. The largest absolute Gasteiger partial charge is 0.444 e. The number of hydrogen-bond acceptors (Lipinski definition) is 4. The van der Waals surface area contributed by atoms with Crippen molar-refractivity contribution < 1.29 is 9.53 Å². The molecule has 1 aliphatic rings. The molecule has 7 nitrogen and oxygen atoms in total. The summed E-state index contributed by atoms with van der Waals surface area (Å²) in [6.07, 6.45) is 7.34. The zero-order valence-electron chi connectivity index (χ0n) is 18.3. The quantitative estimate of drug-likeness (QED) is 0.182. The van der Waals surface area contributed by atoms with Gasteiger partial charge in [0.05, 0.1) is 0 Å². The molecule has 0 radical (unpaired) electrons. The molecule has 1 aliphatic heterocycles. The van der Waals surface area contributed by atoms with Gasteiger partial charge >= 0.3 is 6.09 Å². The van der Waals surface area contributed by atoms with Crippen molar-refractivity contribution in [2.24, 2.45) is 4.99 Å². The van der Waals surface area contributed by atoms with Crippen LogP contribution in [0.15, 0.2) is 4.99 Å². The molecule has 0 aromatic heterocycles. The molecule has 0 atom stereocenters. The Morgan fingerprint density at radius 2 is 1.68 bits per heavy atom. The highest BCUT2D eigenvalue weighted by atomic mass is 127. The first-order valence-electron chi connectivity index (χ1n) is 10.6. The van der Waals surface area contributed by atoms with Crippen LogP contribution in [0, 0.1) is 0 Å². The predicted molar refractivity (Wildman–Crippen MR) is 128 cm³/mol.